The maximum atomic E-state index is 6.89. The molecule has 1 aliphatic rings. The first kappa shape index (κ1) is 45.4. The van der Waals surface area contributed by atoms with Gasteiger partial charge in [0.1, 0.15) is 11.2 Å². The quantitative estimate of drug-likeness (QED) is 0.112. The summed E-state index contributed by atoms with van der Waals surface area (Å²) in [6.07, 6.45) is 0. The Hall–Kier alpha value is -8.17. The molecule has 0 saturated heterocycles. The maximum absolute atomic E-state index is 6.89. The standard InChI is InChI=1S/C69H58N2O2Si2/c1-43-21-17-29-54-56-31-19-33-60(67(56)72-65(43)54)70(46-23-11-9-12-24-46)48-36-39-50-45(41-48)35-38-58-62-52-28-16-15-27-51(52)59-42-49(37-40-53(59)64(62)69(63(50)58,74(3,4)5)75(6,7)8)71(47-25-13-10-14-26-47)61-34-20-32-57-55-30-18-22-44(2)66(55)73-68(57)61/h9-42H,1-8H3. The van der Waals surface area contributed by atoms with Gasteiger partial charge in [-0.3, -0.25) is 0 Å². The minimum Gasteiger partial charge on any atom is -0.454 e. The lowest BCUT2D eigenvalue weighted by molar-refractivity contribution is 0.665. The molecule has 14 rings (SSSR count). The highest BCUT2D eigenvalue weighted by atomic mass is 28.4. The Morgan fingerprint density at radius 1 is 0.333 bits per heavy atom. The van der Waals surface area contributed by atoms with Crippen LogP contribution in [0.25, 0.3) is 87.3 Å². The first-order valence-electron chi connectivity index (χ1n) is 26.4. The molecule has 11 aromatic carbocycles. The highest BCUT2D eigenvalue weighted by Gasteiger charge is 2.60. The fraction of sp³-hybridized carbons (Fsp3) is 0.130. The average molecular weight is 1000 g/mol. The lowest BCUT2D eigenvalue weighted by Gasteiger charge is -2.52. The van der Waals surface area contributed by atoms with Crippen molar-refractivity contribution < 1.29 is 8.83 Å². The van der Waals surface area contributed by atoms with Gasteiger partial charge in [-0.15, -0.1) is 0 Å². The summed E-state index contributed by atoms with van der Waals surface area (Å²) in [5.74, 6) is 0. The third-order valence-corrected chi connectivity index (χ3v) is 26.7. The van der Waals surface area contributed by atoms with Crippen molar-refractivity contribution in [2.45, 2.75) is 57.8 Å². The lowest BCUT2D eigenvalue weighted by atomic mass is 9.91. The summed E-state index contributed by atoms with van der Waals surface area (Å²) in [5.41, 5.74) is 18.2. The SMILES string of the molecule is Cc1cccc2c1oc1c(N(c3ccccc3)c3ccc4c5c(ccc4c3)-c3c(c4ccc(N(c6ccccc6)c6cccc7c6oc6c(C)cccc67)cc4c4ccccc34)C5([Si](C)(C)C)[Si](C)(C)C)cccc12. The van der Waals surface area contributed by atoms with Crippen molar-refractivity contribution in [2.75, 3.05) is 9.80 Å². The van der Waals surface area contributed by atoms with Crippen LogP contribution in [0.4, 0.5) is 34.1 Å². The Balaban J connectivity index is 1.02. The lowest BCUT2D eigenvalue weighted by Crippen LogP contribution is -2.63. The number of fused-ring (bicyclic) bond motifs is 16. The van der Waals surface area contributed by atoms with Crippen molar-refractivity contribution in [1.29, 1.82) is 0 Å². The van der Waals surface area contributed by atoms with E-state index in [4.69, 9.17) is 8.83 Å². The van der Waals surface area contributed by atoms with E-state index >= 15 is 0 Å². The molecule has 13 aromatic rings. The van der Waals surface area contributed by atoms with Crippen LogP contribution in [0.2, 0.25) is 39.3 Å². The largest absolute Gasteiger partial charge is 0.454 e. The van der Waals surface area contributed by atoms with Gasteiger partial charge in [0.25, 0.3) is 0 Å². The predicted octanol–water partition coefficient (Wildman–Crippen LogP) is 20.5. The number of aryl methyl sites for hydroxylation is 2. The van der Waals surface area contributed by atoms with Gasteiger partial charge >= 0.3 is 0 Å². The van der Waals surface area contributed by atoms with Gasteiger partial charge in [-0.2, -0.15) is 0 Å². The van der Waals surface area contributed by atoms with Crippen molar-refractivity contribution in [2.24, 2.45) is 0 Å². The van der Waals surface area contributed by atoms with Gasteiger partial charge in [-0.1, -0.05) is 185 Å². The molecule has 1 aliphatic carbocycles. The van der Waals surface area contributed by atoms with Gasteiger partial charge in [-0.25, -0.2) is 0 Å². The zero-order valence-electron chi connectivity index (χ0n) is 43.8. The van der Waals surface area contributed by atoms with Gasteiger partial charge in [0.05, 0.1) is 27.5 Å². The van der Waals surface area contributed by atoms with Gasteiger partial charge in [0, 0.05) is 49.0 Å². The molecule has 0 aliphatic heterocycles. The molecular weight excluding hydrogens is 945 g/mol. The van der Waals surface area contributed by atoms with Crippen LogP contribution >= 0.6 is 0 Å². The molecule has 0 fully saturated rings. The zero-order chi connectivity index (χ0) is 51.1. The molecule has 4 nitrogen and oxygen atoms in total. The van der Waals surface area contributed by atoms with Crippen LogP contribution in [0.5, 0.6) is 0 Å². The fourth-order valence-corrected chi connectivity index (χ4v) is 27.1. The van der Waals surface area contributed by atoms with E-state index in [1.165, 1.54) is 54.6 Å². The Bertz CT molecular complexity index is 4470. The summed E-state index contributed by atoms with van der Waals surface area (Å²) in [6, 6.07) is 76.3. The number of hydrogen-bond donors (Lipinski definition) is 0. The van der Waals surface area contributed by atoms with Crippen LogP contribution in [0.15, 0.2) is 215 Å². The molecular formula is C69H58N2O2Si2. The van der Waals surface area contributed by atoms with E-state index in [0.717, 1.165) is 89.1 Å². The van der Waals surface area contributed by atoms with E-state index in [2.05, 4.69) is 269 Å². The predicted molar refractivity (Wildman–Crippen MR) is 325 cm³/mol. The summed E-state index contributed by atoms with van der Waals surface area (Å²) in [7, 11) is -4.41. The Kier molecular flexibility index (Phi) is 9.95. The van der Waals surface area contributed by atoms with E-state index in [1.807, 2.05) is 0 Å². The number of rotatable bonds is 8. The Morgan fingerprint density at radius 2 is 0.787 bits per heavy atom. The third kappa shape index (κ3) is 6.46. The van der Waals surface area contributed by atoms with Crippen molar-refractivity contribution in [3.8, 4) is 11.1 Å². The molecule has 0 unspecified atom stereocenters. The van der Waals surface area contributed by atoms with Crippen LogP contribution in [-0.4, -0.2) is 16.1 Å². The summed E-state index contributed by atoms with van der Waals surface area (Å²) < 4.78 is 13.6. The molecule has 2 aromatic heterocycles. The van der Waals surface area contributed by atoms with Crippen LogP contribution in [0.3, 0.4) is 0 Å². The van der Waals surface area contributed by atoms with E-state index in [-0.39, 0.29) is 4.66 Å². The van der Waals surface area contributed by atoms with E-state index in [0.29, 0.717) is 0 Å². The number of anilines is 6. The number of furan rings is 2. The van der Waals surface area contributed by atoms with Gasteiger partial charge in [0.2, 0.25) is 0 Å². The van der Waals surface area contributed by atoms with Gasteiger partial charge in [-0.05, 0) is 140 Å². The second-order valence-corrected chi connectivity index (χ2v) is 33.9. The minimum atomic E-state index is -2.20. The number of nitrogens with zero attached hydrogens (tertiary/aromatic N) is 2. The van der Waals surface area contributed by atoms with Gasteiger partial charge < -0.3 is 18.6 Å². The minimum absolute atomic E-state index is 0.164. The van der Waals surface area contributed by atoms with Crippen LogP contribution in [-0.2, 0) is 4.66 Å². The molecule has 364 valence electrons. The normalized spacial score (nSPS) is 13.4. The number of benzene rings is 11. The van der Waals surface area contributed by atoms with Crippen molar-refractivity contribution >= 4 is 126 Å². The van der Waals surface area contributed by atoms with Crippen molar-refractivity contribution in [3.05, 3.63) is 229 Å². The first-order valence-corrected chi connectivity index (χ1v) is 33.4. The number of hydrogen-bond acceptors (Lipinski definition) is 4. The van der Waals surface area contributed by atoms with Crippen molar-refractivity contribution in [3.63, 3.8) is 0 Å². The van der Waals surface area contributed by atoms with Crippen LogP contribution in [0.1, 0.15) is 22.3 Å². The molecule has 2 heterocycles. The summed E-state index contributed by atoms with van der Waals surface area (Å²) in [6.45, 7) is 20.1. The summed E-state index contributed by atoms with van der Waals surface area (Å²) in [4.78, 5) is 4.79. The van der Waals surface area contributed by atoms with Crippen molar-refractivity contribution in [1.82, 2.24) is 0 Å². The average Bonchev–Trinajstić information content (AvgIpc) is 4.14. The fourth-order valence-electron chi connectivity index (χ4n) is 14.1. The van der Waals surface area contributed by atoms with Gasteiger partial charge in [0.15, 0.2) is 11.2 Å². The first-order chi connectivity index (χ1) is 36.3. The van der Waals surface area contributed by atoms with E-state index in [9.17, 15) is 0 Å². The molecule has 75 heavy (non-hydrogen) atoms. The topological polar surface area (TPSA) is 32.8 Å². The monoisotopic (exact) mass is 1000 g/mol. The van der Waals surface area contributed by atoms with E-state index in [1.54, 1.807) is 0 Å². The highest BCUT2D eigenvalue weighted by molar-refractivity contribution is 7.00. The smallest absolute Gasteiger partial charge is 0.159 e. The molecule has 0 saturated carbocycles. The summed E-state index contributed by atoms with van der Waals surface area (Å²) >= 11 is 0. The molecule has 0 N–H and O–H groups in total. The molecule has 6 heteroatoms. The van der Waals surface area contributed by atoms with Crippen LogP contribution < -0.4 is 9.80 Å². The Morgan fingerprint density at radius 3 is 1.32 bits per heavy atom. The number of para-hydroxylation sites is 6. The molecule has 0 radical (unpaired) electrons. The van der Waals surface area contributed by atoms with Crippen LogP contribution in [0, 0.1) is 13.8 Å². The third-order valence-electron chi connectivity index (χ3n) is 16.7. The highest BCUT2D eigenvalue weighted by Crippen LogP contribution is 2.63. The maximum Gasteiger partial charge on any atom is 0.159 e. The molecule has 0 amide bonds. The second-order valence-electron chi connectivity index (χ2n) is 22.9. The van der Waals surface area contributed by atoms with E-state index < -0.39 is 16.1 Å². The molecule has 0 spiro atoms. The summed E-state index contributed by atoms with van der Waals surface area (Å²) in [5, 5.41) is 12.3. The zero-order valence-corrected chi connectivity index (χ0v) is 45.8. The molecule has 0 atom stereocenters. The second kappa shape index (κ2) is 16.4. The Labute approximate surface area is 440 Å². The molecule has 0 bridgehead atoms.